The van der Waals surface area contributed by atoms with Crippen molar-refractivity contribution < 1.29 is 14.3 Å². The number of ether oxygens (including phenoxy) is 2. The Hall–Kier alpha value is -3.64. The summed E-state index contributed by atoms with van der Waals surface area (Å²) in [7, 11) is 1.50. The van der Waals surface area contributed by atoms with Gasteiger partial charge in [-0.25, -0.2) is 0 Å². The van der Waals surface area contributed by atoms with Crippen molar-refractivity contribution in [3.63, 3.8) is 0 Å². The van der Waals surface area contributed by atoms with Gasteiger partial charge in [-0.15, -0.1) is 0 Å². The van der Waals surface area contributed by atoms with Crippen molar-refractivity contribution in [3.05, 3.63) is 101 Å². The third kappa shape index (κ3) is 5.68. The maximum absolute atomic E-state index is 12.7. The molecular formula is C24H25N3O3. The summed E-state index contributed by atoms with van der Waals surface area (Å²) in [5, 5.41) is 10.3. The Balaban J connectivity index is 1.61. The molecule has 0 aliphatic carbocycles. The largest absolute Gasteiger partial charge is 0.489 e. The van der Waals surface area contributed by atoms with Crippen LogP contribution < -0.4 is 15.8 Å². The van der Waals surface area contributed by atoms with Crippen molar-refractivity contribution in [2.24, 2.45) is 5.73 Å². The first-order chi connectivity index (χ1) is 14.6. The summed E-state index contributed by atoms with van der Waals surface area (Å²) in [4.78, 5) is 12.7. The van der Waals surface area contributed by atoms with Gasteiger partial charge in [0, 0.05) is 19.2 Å². The van der Waals surface area contributed by atoms with E-state index in [1.54, 1.807) is 12.1 Å². The Labute approximate surface area is 176 Å². The number of benzene rings is 3. The zero-order valence-electron chi connectivity index (χ0n) is 16.8. The monoisotopic (exact) mass is 403 g/mol. The minimum Gasteiger partial charge on any atom is -0.489 e. The fourth-order valence-corrected chi connectivity index (χ4v) is 2.99. The van der Waals surface area contributed by atoms with Crippen LogP contribution in [0.1, 0.15) is 28.4 Å². The van der Waals surface area contributed by atoms with Gasteiger partial charge in [0.25, 0.3) is 5.91 Å². The molecule has 0 fully saturated rings. The Morgan fingerprint density at radius 2 is 1.73 bits per heavy atom. The SMILES string of the molecule is COC(C(=O)NCc1ccc(C(=N)N)cc1)c1cccc(OCc2ccccc2)c1. The summed E-state index contributed by atoms with van der Waals surface area (Å²) in [6.07, 6.45) is -0.748. The zero-order chi connectivity index (χ0) is 21.3. The first-order valence-corrected chi connectivity index (χ1v) is 9.57. The number of carbonyl (C=O) groups excluding carboxylic acids is 1. The van der Waals surface area contributed by atoms with Gasteiger partial charge in [-0.05, 0) is 28.8 Å². The van der Waals surface area contributed by atoms with Crippen LogP contribution in [-0.2, 0) is 22.7 Å². The molecule has 0 aromatic heterocycles. The average Bonchev–Trinajstić information content (AvgIpc) is 2.78. The molecule has 0 saturated heterocycles. The lowest BCUT2D eigenvalue weighted by atomic mass is 10.1. The van der Waals surface area contributed by atoms with Crippen molar-refractivity contribution in [1.82, 2.24) is 5.32 Å². The summed E-state index contributed by atoms with van der Waals surface area (Å²) in [5.74, 6) is 0.443. The molecule has 30 heavy (non-hydrogen) atoms. The molecule has 0 bridgehead atoms. The van der Waals surface area contributed by atoms with E-state index in [1.165, 1.54) is 7.11 Å². The lowest BCUT2D eigenvalue weighted by Gasteiger charge is -2.17. The van der Waals surface area contributed by atoms with Gasteiger partial charge in [0.05, 0.1) is 0 Å². The van der Waals surface area contributed by atoms with Crippen LogP contribution >= 0.6 is 0 Å². The van der Waals surface area contributed by atoms with E-state index in [2.05, 4.69) is 5.32 Å². The second-order valence-electron chi connectivity index (χ2n) is 6.79. The quantitative estimate of drug-likeness (QED) is 0.376. The van der Waals surface area contributed by atoms with Crippen LogP contribution in [0.5, 0.6) is 5.75 Å². The Kier molecular flexibility index (Phi) is 7.19. The Bertz CT molecular complexity index is 988. The first kappa shape index (κ1) is 21.1. The zero-order valence-corrected chi connectivity index (χ0v) is 16.8. The molecule has 6 heteroatoms. The predicted molar refractivity (Wildman–Crippen MR) is 116 cm³/mol. The third-order valence-electron chi connectivity index (χ3n) is 4.61. The molecule has 0 saturated carbocycles. The molecule has 3 rings (SSSR count). The smallest absolute Gasteiger partial charge is 0.254 e. The molecule has 1 amide bonds. The summed E-state index contributed by atoms with van der Waals surface area (Å²) in [5.41, 5.74) is 8.80. The van der Waals surface area contributed by atoms with Crippen LogP contribution in [0.3, 0.4) is 0 Å². The van der Waals surface area contributed by atoms with Crippen molar-refractivity contribution >= 4 is 11.7 Å². The molecule has 0 radical (unpaired) electrons. The lowest BCUT2D eigenvalue weighted by Crippen LogP contribution is -2.30. The molecule has 0 heterocycles. The van der Waals surface area contributed by atoms with E-state index in [9.17, 15) is 4.79 Å². The molecule has 0 aliphatic heterocycles. The molecule has 3 aromatic carbocycles. The van der Waals surface area contributed by atoms with Crippen molar-refractivity contribution in [2.45, 2.75) is 19.3 Å². The minimum absolute atomic E-state index is 0.0133. The second kappa shape index (κ2) is 10.2. The lowest BCUT2D eigenvalue weighted by molar-refractivity contribution is -0.131. The topological polar surface area (TPSA) is 97.4 Å². The summed E-state index contributed by atoms with van der Waals surface area (Å²) in [6, 6.07) is 24.4. The minimum atomic E-state index is -0.748. The molecule has 1 unspecified atom stereocenters. The number of nitrogen functional groups attached to an aromatic ring is 1. The predicted octanol–water partition coefficient (Wildman–Crippen LogP) is 3.55. The normalized spacial score (nSPS) is 11.5. The van der Waals surface area contributed by atoms with Crippen molar-refractivity contribution in [1.29, 1.82) is 5.41 Å². The van der Waals surface area contributed by atoms with Crippen LogP contribution in [0, 0.1) is 5.41 Å². The molecule has 6 nitrogen and oxygen atoms in total. The van der Waals surface area contributed by atoms with Crippen molar-refractivity contribution in [3.8, 4) is 5.75 Å². The number of nitrogens with one attached hydrogen (secondary N) is 2. The number of hydrogen-bond acceptors (Lipinski definition) is 4. The summed E-state index contributed by atoms with van der Waals surface area (Å²) < 4.78 is 11.3. The number of hydrogen-bond donors (Lipinski definition) is 3. The fraction of sp³-hybridized carbons (Fsp3) is 0.167. The van der Waals surface area contributed by atoms with Crippen LogP contribution in [0.2, 0.25) is 0 Å². The van der Waals surface area contributed by atoms with E-state index in [0.29, 0.717) is 30.0 Å². The first-order valence-electron chi connectivity index (χ1n) is 9.57. The summed E-state index contributed by atoms with van der Waals surface area (Å²) in [6.45, 7) is 0.797. The third-order valence-corrected chi connectivity index (χ3v) is 4.61. The van der Waals surface area contributed by atoms with Gasteiger partial charge in [-0.3, -0.25) is 10.2 Å². The van der Waals surface area contributed by atoms with Gasteiger partial charge < -0.3 is 20.5 Å². The van der Waals surface area contributed by atoms with Crippen LogP contribution in [0.25, 0.3) is 0 Å². The van der Waals surface area contributed by atoms with E-state index in [0.717, 1.165) is 11.1 Å². The van der Waals surface area contributed by atoms with E-state index in [-0.39, 0.29) is 11.7 Å². The Morgan fingerprint density at radius 3 is 2.40 bits per heavy atom. The summed E-state index contributed by atoms with van der Waals surface area (Å²) >= 11 is 0. The van der Waals surface area contributed by atoms with E-state index >= 15 is 0 Å². The fourth-order valence-electron chi connectivity index (χ4n) is 2.99. The number of methoxy groups -OCH3 is 1. The van der Waals surface area contributed by atoms with Gasteiger partial charge in [-0.1, -0.05) is 66.7 Å². The van der Waals surface area contributed by atoms with E-state index in [4.69, 9.17) is 20.6 Å². The van der Waals surface area contributed by atoms with Crippen LogP contribution in [0.15, 0.2) is 78.9 Å². The van der Waals surface area contributed by atoms with E-state index < -0.39 is 6.10 Å². The Morgan fingerprint density at radius 1 is 1.00 bits per heavy atom. The van der Waals surface area contributed by atoms with Gasteiger partial charge >= 0.3 is 0 Å². The second-order valence-corrected chi connectivity index (χ2v) is 6.79. The number of nitrogens with two attached hydrogens (primary N) is 1. The molecule has 0 aliphatic rings. The van der Waals surface area contributed by atoms with Crippen LogP contribution in [0.4, 0.5) is 0 Å². The molecule has 0 spiro atoms. The van der Waals surface area contributed by atoms with Gasteiger partial charge in [0.15, 0.2) is 6.10 Å². The molecule has 154 valence electrons. The molecule has 4 N–H and O–H groups in total. The number of amides is 1. The van der Waals surface area contributed by atoms with Crippen LogP contribution in [-0.4, -0.2) is 18.9 Å². The number of amidine groups is 1. The van der Waals surface area contributed by atoms with E-state index in [1.807, 2.05) is 66.7 Å². The number of carbonyl (C=O) groups is 1. The molecular weight excluding hydrogens is 378 g/mol. The maximum atomic E-state index is 12.7. The highest BCUT2D eigenvalue weighted by molar-refractivity contribution is 5.94. The number of rotatable bonds is 9. The van der Waals surface area contributed by atoms with Gasteiger partial charge in [0.1, 0.15) is 18.2 Å². The molecule has 3 aromatic rings. The average molecular weight is 403 g/mol. The highest BCUT2D eigenvalue weighted by atomic mass is 16.5. The standard InChI is InChI=1S/C24H25N3O3/c1-29-22(24(28)27-15-17-10-12-19(13-11-17)23(25)26)20-8-5-9-21(14-20)30-16-18-6-3-2-4-7-18/h2-14,22H,15-16H2,1H3,(H3,25,26)(H,27,28). The maximum Gasteiger partial charge on any atom is 0.254 e. The highest BCUT2D eigenvalue weighted by Crippen LogP contribution is 2.23. The van der Waals surface area contributed by atoms with Gasteiger partial charge in [0.2, 0.25) is 0 Å². The van der Waals surface area contributed by atoms with Crippen molar-refractivity contribution in [2.75, 3.05) is 7.11 Å². The van der Waals surface area contributed by atoms with Gasteiger partial charge in [-0.2, -0.15) is 0 Å². The highest BCUT2D eigenvalue weighted by Gasteiger charge is 2.20. The molecule has 1 atom stereocenters.